The molecule has 9 heteroatoms. The minimum atomic E-state index is 0.153. The fraction of sp³-hybridized carbons (Fsp3) is 0.500. The molecule has 0 atom stereocenters. The molecule has 0 amide bonds. The van der Waals surface area contributed by atoms with Gasteiger partial charge in [0.15, 0.2) is 0 Å². The number of hydrogen-bond acceptors (Lipinski definition) is 8. The first-order chi connectivity index (χ1) is 9.31. The van der Waals surface area contributed by atoms with Crippen molar-refractivity contribution in [1.82, 2.24) is 34.7 Å². The van der Waals surface area contributed by atoms with Crippen LogP contribution < -0.4 is 11.2 Å². The van der Waals surface area contributed by atoms with Gasteiger partial charge in [-0.3, -0.25) is 5.43 Å². The highest BCUT2D eigenvalue weighted by Crippen LogP contribution is 2.11. The Morgan fingerprint density at radius 2 is 1.95 bits per heavy atom. The maximum absolute atomic E-state index is 5.69. The average molecular weight is 261 g/mol. The molecule has 0 unspecified atom stereocenters. The molecular formula is C10H15N9. The molecule has 1 saturated heterocycles. The number of anilines is 2. The molecule has 100 valence electrons. The van der Waals surface area contributed by atoms with Crippen molar-refractivity contribution in [3.63, 3.8) is 0 Å². The van der Waals surface area contributed by atoms with E-state index in [1.807, 2.05) is 0 Å². The minimum Gasteiger partial charge on any atom is -0.368 e. The van der Waals surface area contributed by atoms with Crippen molar-refractivity contribution in [1.29, 1.82) is 0 Å². The zero-order valence-corrected chi connectivity index (χ0v) is 10.4. The second-order valence-electron chi connectivity index (χ2n) is 4.32. The Morgan fingerprint density at radius 3 is 2.68 bits per heavy atom. The summed E-state index contributed by atoms with van der Waals surface area (Å²) in [6.45, 7) is 1.95. The molecule has 3 heterocycles. The number of nitrogens with zero attached hydrogens (tertiary/aromatic N) is 7. The van der Waals surface area contributed by atoms with E-state index in [9.17, 15) is 0 Å². The van der Waals surface area contributed by atoms with Crippen molar-refractivity contribution in [3.05, 3.63) is 12.7 Å². The fourth-order valence-electron chi connectivity index (χ4n) is 1.99. The minimum absolute atomic E-state index is 0.153. The van der Waals surface area contributed by atoms with Crippen LogP contribution in [0.4, 0.5) is 11.9 Å². The molecule has 2 aromatic heterocycles. The number of nitrogens with one attached hydrogen (secondary N) is 1. The Bertz CT molecular complexity index is 532. The Morgan fingerprint density at radius 1 is 1.11 bits per heavy atom. The van der Waals surface area contributed by atoms with E-state index in [1.54, 1.807) is 0 Å². The zero-order chi connectivity index (χ0) is 13.1. The Balaban J connectivity index is 1.81. The van der Waals surface area contributed by atoms with E-state index in [4.69, 9.17) is 5.73 Å². The van der Waals surface area contributed by atoms with Gasteiger partial charge >= 0.3 is 0 Å². The van der Waals surface area contributed by atoms with Crippen LogP contribution in [-0.4, -0.2) is 47.8 Å². The van der Waals surface area contributed by atoms with Crippen molar-refractivity contribution in [2.24, 2.45) is 0 Å². The molecule has 0 radical (unpaired) electrons. The van der Waals surface area contributed by atoms with E-state index in [-0.39, 0.29) is 5.95 Å². The Kier molecular flexibility index (Phi) is 3.19. The molecule has 1 aliphatic rings. The second kappa shape index (κ2) is 5.14. The summed E-state index contributed by atoms with van der Waals surface area (Å²) in [6, 6.07) is 0. The summed E-state index contributed by atoms with van der Waals surface area (Å²) < 4.78 is 1.44. The lowest BCUT2D eigenvalue weighted by Gasteiger charge is -2.26. The van der Waals surface area contributed by atoms with Gasteiger partial charge in [-0.2, -0.15) is 24.7 Å². The summed E-state index contributed by atoms with van der Waals surface area (Å²) in [6.07, 6.45) is 6.53. The topological polar surface area (TPSA) is 111 Å². The van der Waals surface area contributed by atoms with Crippen molar-refractivity contribution < 1.29 is 0 Å². The highest BCUT2D eigenvalue weighted by Gasteiger charge is 2.13. The average Bonchev–Trinajstić information content (AvgIpc) is 2.93. The first kappa shape index (κ1) is 11.8. The standard InChI is InChI=1S/C10H15N9/c11-8-14-9(17-18-4-2-1-3-5-18)16-10(15-8)19-7-12-6-13-19/h6-7H,1-5H2,(H3,11,14,15,16,17). The van der Waals surface area contributed by atoms with Crippen LogP contribution >= 0.6 is 0 Å². The third-order valence-electron chi connectivity index (χ3n) is 2.88. The Hall–Kier alpha value is -2.29. The number of nitrogens with two attached hydrogens (primary N) is 1. The van der Waals surface area contributed by atoms with Gasteiger partial charge in [-0.15, -0.1) is 0 Å². The quantitative estimate of drug-likeness (QED) is 0.784. The van der Waals surface area contributed by atoms with Crippen LogP contribution in [0.1, 0.15) is 19.3 Å². The molecule has 0 bridgehead atoms. The molecule has 0 aliphatic carbocycles. The molecular weight excluding hydrogens is 246 g/mol. The van der Waals surface area contributed by atoms with Crippen LogP contribution in [-0.2, 0) is 0 Å². The van der Waals surface area contributed by atoms with E-state index in [0.29, 0.717) is 11.9 Å². The van der Waals surface area contributed by atoms with Gasteiger partial charge in [0.25, 0.3) is 5.95 Å². The lowest BCUT2D eigenvalue weighted by Crippen LogP contribution is -2.35. The Labute approximate surface area is 109 Å². The maximum atomic E-state index is 5.69. The number of nitrogen functional groups attached to an aromatic ring is 1. The number of hydrogen-bond donors (Lipinski definition) is 2. The van der Waals surface area contributed by atoms with E-state index in [0.717, 1.165) is 13.1 Å². The van der Waals surface area contributed by atoms with Gasteiger partial charge in [-0.1, -0.05) is 6.42 Å². The van der Waals surface area contributed by atoms with Crippen LogP contribution in [0.3, 0.4) is 0 Å². The van der Waals surface area contributed by atoms with Crippen molar-refractivity contribution in [2.45, 2.75) is 19.3 Å². The predicted octanol–water partition coefficient (Wildman–Crippen LogP) is -0.153. The molecule has 9 nitrogen and oxygen atoms in total. The number of hydrazine groups is 1. The fourth-order valence-corrected chi connectivity index (χ4v) is 1.99. The van der Waals surface area contributed by atoms with Crippen LogP contribution in [0.15, 0.2) is 12.7 Å². The van der Waals surface area contributed by atoms with Gasteiger partial charge in [0, 0.05) is 13.1 Å². The predicted molar refractivity (Wildman–Crippen MR) is 68.2 cm³/mol. The highest BCUT2D eigenvalue weighted by molar-refractivity contribution is 5.33. The summed E-state index contributed by atoms with van der Waals surface area (Å²) >= 11 is 0. The van der Waals surface area contributed by atoms with Crippen LogP contribution in [0, 0.1) is 0 Å². The third kappa shape index (κ3) is 2.76. The molecule has 3 rings (SSSR count). The van der Waals surface area contributed by atoms with E-state index in [1.165, 1.54) is 36.6 Å². The first-order valence-electron chi connectivity index (χ1n) is 6.19. The second-order valence-corrected chi connectivity index (χ2v) is 4.32. The van der Waals surface area contributed by atoms with E-state index < -0.39 is 0 Å². The van der Waals surface area contributed by atoms with E-state index in [2.05, 4.69) is 35.5 Å². The van der Waals surface area contributed by atoms with Crippen molar-refractivity contribution in [3.8, 4) is 5.95 Å². The monoisotopic (exact) mass is 261 g/mol. The largest absolute Gasteiger partial charge is 0.368 e. The summed E-state index contributed by atoms with van der Waals surface area (Å²) in [7, 11) is 0. The van der Waals surface area contributed by atoms with Crippen LogP contribution in [0.25, 0.3) is 5.95 Å². The number of rotatable bonds is 3. The maximum Gasteiger partial charge on any atom is 0.258 e. The number of aromatic nitrogens is 6. The lowest BCUT2D eigenvalue weighted by atomic mass is 10.2. The molecule has 0 spiro atoms. The normalized spacial score (nSPS) is 16.4. The van der Waals surface area contributed by atoms with Gasteiger partial charge in [0.2, 0.25) is 11.9 Å². The molecule has 0 saturated carbocycles. The third-order valence-corrected chi connectivity index (χ3v) is 2.88. The smallest absolute Gasteiger partial charge is 0.258 e. The van der Waals surface area contributed by atoms with Gasteiger partial charge < -0.3 is 5.73 Å². The van der Waals surface area contributed by atoms with Gasteiger partial charge in [0.1, 0.15) is 12.7 Å². The summed E-state index contributed by atoms with van der Waals surface area (Å²) in [5, 5.41) is 6.06. The lowest BCUT2D eigenvalue weighted by molar-refractivity contribution is 0.271. The molecule has 1 aliphatic heterocycles. The first-order valence-corrected chi connectivity index (χ1v) is 6.19. The number of piperidine rings is 1. The van der Waals surface area contributed by atoms with Crippen molar-refractivity contribution >= 4 is 11.9 Å². The summed E-state index contributed by atoms with van der Waals surface area (Å²) in [5.74, 6) is 0.935. The molecule has 19 heavy (non-hydrogen) atoms. The van der Waals surface area contributed by atoms with Crippen LogP contribution in [0.5, 0.6) is 0 Å². The van der Waals surface area contributed by atoms with Gasteiger partial charge in [-0.25, -0.2) is 9.99 Å². The van der Waals surface area contributed by atoms with Gasteiger partial charge in [0.05, 0.1) is 0 Å². The summed E-state index contributed by atoms with van der Waals surface area (Å²) in [4.78, 5) is 16.2. The van der Waals surface area contributed by atoms with Crippen LogP contribution in [0.2, 0.25) is 0 Å². The summed E-state index contributed by atoms with van der Waals surface area (Å²) in [5.41, 5.74) is 8.84. The van der Waals surface area contributed by atoms with Gasteiger partial charge in [-0.05, 0) is 12.8 Å². The van der Waals surface area contributed by atoms with Crippen molar-refractivity contribution in [2.75, 3.05) is 24.2 Å². The van der Waals surface area contributed by atoms with E-state index >= 15 is 0 Å². The molecule has 0 aromatic carbocycles. The molecule has 3 N–H and O–H groups in total. The SMILES string of the molecule is Nc1nc(NN2CCCCC2)nc(-n2cncn2)n1. The molecule has 2 aromatic rings. The zero-order valence-electron chi connectivity index (χ0n) is 10.4. The molecule has 1 fully saturated rings. The highest BCUT2D eigenvalue weighted by atomic mass is 15.5.